The van der Waals surface area contributed by atoms with E-state index in [9.17, 15) is 4.79 Å². The average molecular weight is 422 g/mol. The standard InChI is InChI=1S/C23H27N5O3/c29-22(25-13-19-5-10-31-26-19)21-15-27(16-23(21)6-11-30-12-7-23)14-18-1-3-20(4-2-18)28-9-8-24-17-28/h1-5,8-10,17,21H,6-7,11-16H2,(H,25,29)/t21-/m1/s1. The van der Waals surface area contributed by atoms with Gasteiger partial charge in [0.05, 0.1) is 18.8 Å². The van der Waals surface area contributed by atoms with Gasteiger partial charge in [-0.15, -0.1) is 0 Å². The van der Waals surface area contributed by atoms with Crippen LogP contribution in [0, 0.1) is 11.3 Å². The molecule has 0 saturated carbocycles. The summed E-state index contributed by atoms with van der Waals surface area (Å²) in [6.45, 7) is 4.35. The molecule has 1 atom stereocenters. The van der Waals surface area contributed by atoms with Crippen LogP contribution in [-0.4, -0.2) is 51.8 Å². The minimum Gasteiger partial charge on any atom is -0.381 e. The van der Waals surface area contributed by atoms with Crippen molar-refractivity contribution in [3.8, 4) is 5.69 Å². The van der Waals surface area contributed by atoms with Crippen LogP contribution in [0.1, 0.15) is 24.1 Å². The molecule has 0 unspecified atom stereocenters. The molecule has 2 fully saturated rings. The Morgan fingerprint density at radius 2 is 2.03 bits per heavy atom. The van der Waals surface area contributed by atoms with Crippen molar-refractivity contribution in [2.75, 3.05) is 26.3 Å². The van der Waals surface area contributed by atoms with Crippen LogP contribution in [-0.2, 0) is 22.6 Å². The zero-order chi connectivity index (χ0) is 21.1. The molecule has 2 saturated heterocycles. The molecule has 1 spiro atoms. The maximum Gasteiger partial charge on any atom is 0.225 e. The molecular formula is C23H27N5O3. The summed E-state index contributed by atoms with van der Waals surface area (Å²) in [6.07, 6.45) is 8.88. The Kier molecular flexibility index (Phi) is 5.57. The van der Waals surface area contributed by atoms with Crippen LogP contribution in [0.15, 0.2) is 59.8 Å². The number of benzene rings is 1. The quantitative estimate of drug-likeness (QED) is 0.658. The van der Waals surface area contributed by atoms with Crippen LogP contribution in [0.5, 0.6) is 0 Å². The SMILES string of the molecule is O=C(NCc1ccon1)[C@H]1CN(Cc2ccc(-n3ccnc3)cc2)CC12CCOCC2. The van der Waals surface area contributed by atoms with E-state index in [0.717, 1.165) is 57.1 Å². The first kappa shape index (κ1) is 20.0. The van der Waals surface area contributed by atoms with E-state index in [2.05, 4.69) is 44.6 Å². The number of likely N-dealkylation sites (tertiary alicyclic amines) is 1. The average Bonchev–Trinajstić information content (AvgIpc) is 3.56. The molecule has 1 amide bonds. The molecule has 2 aliphatic heterocycles. The molecule has 162 valence electrons. The highest BCUT2D eigenvalue weighted by Gasteiger charge is 2.50. The van der Waals surface area contributed by atoms with E-state index >= 15 is 0 Å². The van der Waals surface area contributed by atoms with Gasteiger partial charge in [0.15, 0.2) is 0 Å². The molecule has 3 aromatic rings. The maximum atomic E-state index is 13.1. The zero-order valence-electron chi connectivity index (χ0n) is 17.4. The number of carbonyl (C=O) groups is 1. The fourth-order valence-corrected chi connectivity index (χ4v) is 4.91. The summed E-state index contributed by atoms with van der Waals surface area (Å²) in [7, 11) is 0. The lowest BCUT2D eigenvalue weighted by molar-refractivity contribution is -0.130. The van der Waals surface area contributed by atoms with Crippen molar-refractivity contribution in [1.29, 1.82) is 0 Å². The second-order valence-corrected chi connectivity index (χ2v) is 8.54. The van der Waals surface area contributed by atoms with Gasteiger partial charge in [0.2, 0.25) is 5.91 Å². The first-order valence-corrected chi connectivity index (χ1v) is 10.8. The van der Waals surface area contributed by atoms with Crippen LogP contribution in [0.4, 0.5) is 0 Å². The van der Waals surface area contributed by atoms with Crippen molar-refractivity contribution < 1.29 is 14.1 Å². The summed E-state index contributed by atoms with van der Waals surface area (Å²) in [6, 6.07) is 10.3. The van der Waals surface area contributed by atoms with E-state index in [0.29, 0.717) is 6.54 Å². The molecule has 31 heavy (non-hydrogen) atoms. The van der Waals surface area contributed by atoms with Gasteiger partial charge in [-0.2, -0.15) is 0 Å². The van der Waals surface area contributed by atoms with Crippen molar-refractivity contribution in [3.05, 3.63) is 66.6 Å². The highest BCUT2D eigenvalue weighted by atomic mass is 16.5. The smallest absolute Gasteiger partial charge is 0.225 e. The second kappa shape index (κ2) is 8.64. The largest absolute Gasteiger partial charge is 0.381 e. The van der Waals surface area contributed by atoms with Crippen LogP contribution in [0.2, 0.25) is 0 Å². The van der Waals surface area contributed by atoms with Gasteiger partial charge in [-0.3, -0.25) is 9.69 Å². The molecule has 0 aliphatic carbocycles. The molecular weight excluding hydrogens is 394 g/mol. The molecule has 4 heterocycles. The maximum absolute atomic E-state index is 13.1. The number of nitrogens with one attached hydrogen (secondary N) is 1. The lowest BCUT2D eigenvalue weighted by Crippen LogP contribution is -2.44. The predicted octanol–water partition coefficient (Wildman–Crippen LogP) is 2.41. The molecule has 2 aromatic heterocycles. The van der Waals surface area contributed by atoms with Crippen LogP contribution < -0.4 is 5.32 Å². The number of ether oxygens (including phenoxy) is 1. The van der Waals surface area contributed by atoms with Gasteiger partial charge in [0.1, 0.15) is 12.0 Å². The third-order valence-electron chi connectivity index (χ3n) is 6.60. The number of rotatable bonds is 6. The zero-order valence-corrected chi connectivity index (χ0v) is 17.4. The molecule has 0 bridgehead atoms. The first-order valence-electron chi connectivity index (χ1n) is 10.8. The van der Waals surface area contributed by atoms with E-state index in [4.69, 9.17) is 9.26 Å². The summed E-state index contributed by atoms with van der Waals surface area (Å²) in [5.41, 5.74) is 3.05. The lowest BCUT2D eigenvalue weighted by atomic mass is 9.71. The molecule has 1 aromatic carbocycles. The lowest BCUT2D eigenvalue weighted by Gasteiger charge is -2.37. The van der Waals surface area contributed by atoms with Crippen molar-refractivity contribution in [1.82, 2.24) is 24.9 Å². The van der Waals surface area contributed by atoms with Crippen molar-refractivity contribution in [2.24, 2.45) is 11.3 Å². The summed E-state index contributed by atoms with van der Waals surface area (Å²) in [5, 5.41) is 6.96. The highest BCUT2D eigenvalue weighted by Crippen LogP contribution is 2.44. The van der Waals surface area contributed by atoms with Gasteiger partial charge < -0.3 is 19.1 Å². The van der Waals surface area contributed by atoms with Crippen molar-refractivity contribution >= 4 is 5.91 Å². The van der Waals surface area contributed by atoms with Crippen molar-refractivity contribution in [3.63, 3.8) is 0 Å². The number of hydrogen-bond donors (Lipinski definition) is 1. The van der Waals surface area contributed by atoms with Crippen LogP contribution >= 0.6 is 0 Å². The Hall–Kier alpha value is -2.97. The van der Waals surface area contributed by atoms with Crippen LogP contribution in [0.25, 0.3) is 5.69 Å². The Balaban J connectivity index is 1.27. The third kappa shape index (κ3) is 4.26. The molecule has 1 N–H and O–H groups in total. The summed E-state index contributed by atoms with van der Waals surface area (Å²) in [5.74, 6) is 0.0522. The molecule has 0 radical (unpaired) electrons. The number of nitrogens with zero attached hydrogens (tertiary/aromatic N) is 4. The van der Waals surface area contributed by atoms with Crippen molar-refractivity contribution in [2.45, 2.75) is 25.9 Å². The van der Waals surface area contributed by atoms with E-state index in [-0.39, 0.29) is 17.2 Å². The minimum atomic E-state index is -0.0477. The number of imidazole rings is 1. The van der Waals surface area contributed by atoms with E-state index in [1.807, 2.05) is 10.8 Å². The fraction of sp³-hybridized carbons (Fsp3) is 0.435. The molecule has 8 heteroatoms. The monoisotopic (exact) mass is 421 g/mol. The minimum absolute atomic E-state index is 0.0249. The van der Waals surface area contributed by atoms with Gasteiger partial charge >= 0.3 is 0 Å². The normalized spacial score (nSPS) is 20.8. The van der Waals surface area contributed by atoms with E-state index < -0.39 is 0 Å². The summed E-state index contributed by atoms with van der Waals surface area (Å²) < 4.78 is 12.5. The Morgan fingerprint density at radius 3 is 2.74 bits per heavy atom. The van der Waals surface area contributed by atoms with Gasteiger partial charge in [-0.25, -0.2) is 4.98 Å². The Labute approximate surface area is 181 Å². The number of amides is 1. The summed E-state index contributed by atoms with van der Waals surface area (Å²) >= 11 is 0. The third-order valence-corrected chi connectivity index (χ3v) is 6.60. The van der Waals surface area contributed by atoms with E-state index in [1.54, 1.807) is 18.6 Å². The molecule has 8 nitrogen and oxygen atoms in total. The summed E-state index contributed by atoms with van der Waals surface area (Å²) in [4.78, 5) is 19.7. The van der Waals surface area contributed by atoms with Gasteiger partial charge in [-0.1, -0.05) is 17.3 Å². The predicted molar refractivity (Wildman–Crippen MR) is 113 cm³/mol. The number of aromatic nitrogens is 3. The topological polar surface area (TPSA) is 85.4 Å². The fourth-order valence-electron chi connectivity index (χ4n) is 4.91. The highest BCUT2D eigenvalue weighted by molar-refractivity contribution is 5.80. The second-order valence-electron chi connectivity index (χ2n) is 8.54. The van der Waals surface area contributed by atoms with Gasteiger partial charge in [-0.05, 0) is 30.5 Å². The van der Waals surface area contributed by atoms with E-state index in [1.165, 1.54) is 11.8 Å². The van der Waals surface area contributed by atoms with Gasteiger partial charge in [0, 0.05) is 62.4 Å². The first-order chi connectivity index (χ1) is 15.2. The van der Waals surface area contributed by atoms with Gasteiger partial charge in [0.25, 0.3) is 0 Å². The number of hydrogen-bond acceptors (Lipinski definition) is 6. The Morgan fingerprint density at radius 1 is 1.19 bits per heavy atom. The number of carbonyl (C=O) groups excluding carboxylic acids is 1. The van der Waals surface area contributed by atoms with Crippen LogP contribution in [0.3, 0.4) is 0 Å². The molecule has 5 rings (SSSR count). The Bertz CT molecular complexity index is 979. The molecule has 2 aliphatic rings.